The van der Waals surface area contributed by atoms with Gasteiger partial charge in [0.05, 0.1) is 0 Å². The highest BCUT2D eigenvalue weighted by Gasteiger charge is 2.08. The summed E-state index contributed by atoms with van der Waals surface area (Å²) in [5.74, 6) is 0. The van der Waals surface area contributed by atoms with E-state index in [4.69, 9.17) is 11.5 Å². The summed E-state index contributed by atoms with van der Waals surface area (Å²) in [6, 6.07) is 33.4. The van der Waals surface area contributed by atoms with E-state index in [1.54, 1.807) is 0 Å². The first-order chi connectivity index (χ1) is 13.7. The van der Waals surface area contributed by atoms with E-state index in [1.807, 2.05) is 24.3 Å². The Morgan fingerprint density at radius 2 is 0.857 bits per heavy atom. The molecule has 0 aliphatic heterocycles. The maximum absolute atomic E-state index is 6.25. The van der Waals surface area contributed by atoms with Crippen LogP contribution in [0.5, 0.6) is 0 Å². The summed E-state index contributed by atoms with van der Waals surface area (Å²) in [6.45, 7) is 0. The molecule has 4 N–H and O–H groups in total. The highest BCUT2D eigenvalue weighted by atomic mass is 14.6. The standard InChI is InChI=1S/C26H24N2/c27-25-13-11-21(17-23(25)15-19-7-3-1-4-8-19)22-12-14-26(28)24(18-22)16-20-9-5-2-6-10-20/h1-14,17-18H,15-16,27-28H2. The minimum absolute atomic E-state index is 0.826. The summed E-state index contributed by atoms with van der Waals surface area (Å²) in [7, 11) is 0. The molecule has 2 heteroatoms. The molecule has 0 unspecified atom stereocenters. The van der Waals surface area contributed by atoms with Gasteiger partial charge in [-0.1, -0.05) is 72.8 Å². The van der Waals surface area contributed by atoms with Gasteiger partial charge in [0, 0.05) is 11.4 Å². The number of rotatable bonds is 5. The van der Waals surface area contributed by atoms with E-state index in [2.05, 4.69) is 72.8 Å². The monoisotopic (exact) mass is 364 g/mol. The first-order valence-electron chi connectivity index (χ1n) is 9.54. The van der Waals surface area contributed by atoms with E-state index in [0.717, 1.165) is 46.5 Å². The average molecular weight is 364 g/mol. The Morgan fingerprint density at radius 1 is 0.464 bits per heavy atom. The van der Waals surface area contributed by atoms with E-state index < -0.39 is 0 Å². The second kappa shape index (κ2) is 8.01. The second-order valence-corrected chi connectivity index (χ2v) is 7.15. The van der Waals surface area contributed by atoms with E-state index in [0.29, 0.717) is 0 Å². The smallest absolute Gasteiger partial charge is 0.0350 e. The molecule has 0 aliphatic carbocycles. The van der Waals surface area contributed by atoms with Crippen LogP contribution in [-0.4, -0.2) is 0 Å². The van der Waals surface area contributed by atoms with Crippen LogP contribution in [0.1, 0.15) is 22.3 Å². The highest BCUT2D eigenvalue weighted by molar-refractivity contribution is 5.71. The van der Waals surface area contributed by atoms with E-state index in [1.165, 1.54) is 11.1 Å². The van der Waals surface area contributed by atoms with Gasteiger partial charge in [-0.2, -0.15) is 0 Å². The van der Waals surface area contributed by atoms with Gasteiger partial charge in [-0.25, -0.2) is 0 Å². The fraction of sp³-hybridized carbons (Fsp3) is 0.0769. The van der Waals surface area contributed by atoms with Gasteiger partial charge in [0.25, 0.3) is 0 Å². The van der Waals surface area contributed by atoms with Crippen molar-refractivity contribution in [2.45, 2.75) is 12.8 Å². The van der Waals surface area contributed by atoms with Crippen LogP contribution in [0.25, 0.3) is 11.1 Å². The Bertz CT molecular complexity index is 981. The van der Waals surface area contributed by atoms with E-state index in [9.17, 15) is 0 Å². The lowest BCUT2D eigenvalue weighted by Crippen LogP contribution is -1.98. The molecule has 4 rings (SSSR count). The highest BCUT2D eigenvalue weighted by Crippen LogP contribution is 2.29. The zero-order chi connectivity index (χ0) is 19.3. The van der Waals surface area contributed by atoms with Gasteiger partial charge in [0.15, 0.2) is 0 Å². The van der Waals surface area contributed by atoms with Gasteiger partial charge in [0.1, 0.15) is 0 Å². The minimum Gasteiger partial charge on any atom is -0.398 e. The van der Waals surface area contributed by atoms with Gasteiger partial charge < -0.3 is 11.5 Å². The zero-order valence-corrected chi connectivity index (χ0v) is 15.8. The third-order valence-electron chi connectivity index (χ3n) is 5.09. The third kappa shape index (κ3) is 4.07. The summed E-state index contributed by atoms with van der Waals surface area (Å²) >= 11 is 0. The van der Waals surface area contributed by atoms with E-state index >= 15 is 0 Å². The number of anilines is 2. The van der Waals surface area contributed by atoms with Crippen LogP contribution in [0.15, 0.2) is 97.1 Å². The van der Waals surface area contributed by atoms with Crippen LogP contribution in [0.3, 0.4) is 0 Å². The van der Waals surface area contributed by atoms with Crippen molar-refractivity contribution >= 4 is 11.4 Å². The molecular formula is C26H24N2. The molecule has 4 aromatic carbocycles. The van der Waals surface area contributed by atoms with Crippen LogP contribution in [0, 0.1) is 0 Å². The normalized spacial score (nSPS) is 10.7. The molecule has 0 bridgehead atoms. The largest absolute Gasteiger partial charge is 0.398 e. The summed E-state index contributed by atoms with van der Waals surface area (Å²) < 4.78 is 0. The van der Waals surface area contributed by atoms with Crippen molar-refractivity contribution < 1.29 is 0 Å². The molecule has 0 saturated heterocycles. The molecule has 0 heterocycles. The molecule has 2 nitrogen and oxygen atoms in total. The summed E-state index contributed by atoms with van der Waals surface area (Å²) in [5.41, 5.74) is 21.3. The molecule has 0 aliphatic rings. The molecule has 0 fully saturated rings. The van der Waals surface area contributed by atoms with Crippen molar-refractivity contribution in [3.63, 3.8) is 0 Å². The molecule has 0 amide bonds. The molecule has 0 aromatic heterocycles. The lowest BCUT2D eigenvalue weighted by molar-refractivity contribution is 1.19. The van der Waals surface area contributed by atoms with Crippen molar-refractivity contribution in [1.82, 2.24) is 0 Å². The topological polar surface area (TPSA) is 52.0 Å². The third-order valence-corrected chi connectivity index (χ3v) is 5.09. The Hall–Kier alpha value is -3.52. The van der Waals surface area contributed by atoms with Gasteiger partial charge in [-0.15, -0.1) is 0 Å². The summed E-state index contributed by atoms with van der Waals surface area (Å²) in [4.78, 5) is 0. The Morgan fingerprint density at radius 3 is 1.25 bits per heavy atom. The van der Waals surface area contributed by atoms with Crippen molar-refractivity contribution in [2.24, 2.45) is 0 Å². The first-order valence-corrected chi connectivity index (χ1v) is 9.54. The fourth-order valence-corrected chi connectivity index (χ4v) is 3.51. The lowest BCUT2D eigenvalue weighted by atomic mass is 9.95. The van der Waals surface area contributed by atoms with Crippen LogP contribution < -0.4 is 11.5 Å². The number of hydrogen-bond donors (Lipinski definition) is 2. The zero-order valence-electron chi connectivity index (χ0n) is 15.8. The van der Waals surface area contributed by atoms with Crippen molar-refractivity contribution in [3.05, 3.63) is 119 Å². The van der Waals surface area contributed by atoms with Crippen LogP contribution >= 0.6 is 0 Å². The first kappa shape index (κ1) is 17.9. The molecule has 0 spiro atoms. The minimum atomic E-state index is 0.826. The SMILES string of the molecule is Nc1ccc(-c2ccc(N)c(Cc3ccccc3)c2)cc1Cc1ccccc1. The van der Waals surface area contributed by atoms with Gasteiger partial charge in [-0.05, 0) is 70.5 Å². The van der Waals surface area contributed by atoms with E-state index in [-0.39, 0.29) is 0 Å². The molecule has 28 heavy (non-hydrogen) atoms. The van der Waals surface area contributed by atoms with Gasteiger partial charge in [0.2, 0.25) is 0 Å². The van der Waals surface area contributed by atoms with Crippen LogP contribution in [0.2, 0.25) is 0 Å². The number of hydrogen-bond acceptors (Lipinski definition) is 2. The quantitative estimate of drug-likeness (QED) is 0.446. The molecule has 0 radical (unpaired) electrons. The van der Waals surface area contributed by atoms with Crippen LogP contribution in [-0.2, 0) is 12.8 Å². The Labute approximate surface area is 166 Å². The molecular weight excluding hydrogens is 340 g/mol. The number of benzene rings is 4. The number of nitrogens with two attached hydrogens (primary N) is 2. The maximum Gasteiger partial charge on any atom is 0.0350 e. The number of nitrogen functional groups attached to an aromatic ring is 2. The van der Waals surface area contributed by atoms with Crippen molar-refractivity contribution in [3.8, 4) is 11.1 Å². The lowest BCUT2D eigenvalue weighted by Gasteiger charge is -2.12. The average Bonchev–Trinajstić information content (AvgIpc) is 2.73. The predicted octanol–water partition coefficient (Wildman–Crippen LogP) is 5.70. The Kier molecular flexibility index (Phi) is 5.11. The van der Waals surface area contributed by atoms with Gasteiger partial charge in [-0.3, -0.25) is 0 Å². The summed E-state index contributed by atoms with van der Waals surface area (Å²) in [6.07, 6.45) is 1.65. The second-order valence-electron chi connectivity index (χ2n) is 7.15. The predicted molar refractivity (Wildman–Crippen MR) is 119 cm³/mol. The van der Waals surface area contributed by atoms with Crippen molar-refractivity contribution in [2.75, 3.05) is 11.5 Å². The Balaban J connectivity index is 1.65. The molecule has 4 aromatic rings. The van der Waals surface area contributed by atoms with Crippen LogP contribution in [0.4, 0.5) is 11.4 Å². The summed E-state index contributed by atoms with van der Waals surface area (Å²) in [5, 5.41) is 0. The molecule has 0 atom stereocenters. The molecule has 0 saturated carbocycles. The van der Waals surface area contributed by atoms with Crippen molar-refractivity contribution in [1.29, 1.82) is 0 Å². The molecule has 138 valence electrons. The fourth-order valence-electron chi connectivity index (χ4n) is 3.51. The van der Waals surface area contributed by atoms with Gasteiger partial charge >= 0.3 is 0 Å². The maximum atomic E-state index is 6.25.